The summed E-state index contributed by atoms with van der Waals surface area (Å²) in [7, 11) is 1.60. The Balaban J connectivity index is 2.15. The predicted octanol–water partition coefficient (Wildman–Crippen LogP) is 2.07. The number of rotatable bonds is 5. The van der Waals surface area contributed by atoms with E-state index in [0.717, 1.165) is 24.2 Å². The quantitative estimate of drug-likeness (QED) is 0.562. The second kappa shape index (κ2) is 4.81. The second-order valence-electron chi connectivity index (χ2n) is 3.71. The Kier molecular flexibility index (Phi) is 3.22. The lowest BCUT2D eigenvalue weighted by Gasteiger charge is -2.10. The number of hydrogen-bond donors (Lipinski definition) is 0. The van der Waals surface area contributed by atoms with Gasteiger partial charge < -0.3 is 9.47 Å². The molecule has 2 rings (SSSR count). The summed E-state index contributed by atoms with van der Waals surface area (Å²) in [4.78, 5) is 13.5. The lowest BCUT2D eigenvalue weighted by Crippen LogP contribution is -1.99. The molecule has 0 bridgehead atoms. The van der Waals surface area contributed by atoms with Crippen LogP contribution in [0.2, 0.25) is 0 Å². The molecule has 0 amide bonds. The zero-order valence-electron chi connectivity index (χ0n) is 9.10. The molecule has 0 unspecified atom stereocenters. The minimum absolute atomic E-state index is 0.323. The molecule has 1 fully saturated rings. The zero-order chi connectivity index (χ0) is 11.4. The van der Waals surface area contributed by atoms with Gasteiger partial charge in [0, 0.05) is 0 Å². The minimum atomic E-state index is 0.323. The number of isocyanates is 1. The first-order valence-corrected chi connectivity index (χ1v) is 5.20. The summed E-state index contributed by atoms with van der Waals surface area (Å²) in [6.45, 7) is 0.323. The van der Waals surface area contributed by atoms with Crippen molar-refractivity contribution in [3.8, 4) is 11.5 Å². The van der Waals surface area contributed by atoms with Crippen molar-refractivity contribution in [2.24, 2.45) is 4.99 Å². The van der Waals surface area contributed by atoms with E-state index in [1.54, 1.807) is 7.11 Å². The molecule has 1 aromatic carbocycles. The molecule has 1 aliphatic carbocycles. The maximum absolute atomic E-state index is 10.0. The predicted molar refractivity (Wildman–Crippen MR) is 58.5 cm³/mol. The van der Waals surface area contributed by atoms with Crippen LogP contribution in [0, 0.1) is 0 Å². The van der Waals surface area contributed by atoms with Gasteiger partial charge in [0.1, 0.15) is 0 Å². The summed E-state index contributed by atoms with van der Waals surface area (Å²) in [5.41, 5.74) is 0.906. The number of carbonyl (C=O) groups excluding carboxylic acids is 1. The highest BCUT2D eigenvalue weighted by atomic mass is 16.5. The maximum atomic E-state index is 10.0. The Bertz CT molecular complexity index is 420. The highest BCUT2D eigenvalue weighted by molar-refractivity contribution is 5.44. The van der Waals surface area contributed by atoms with E-state index in [9.17, 15) is 4.79 Å². The first-order valence-electron chi connectivity index (χ1n) is 5.20. The van der Waals surface area contributed by atoms with Crippen LogP contribution in [0.5, 0.6) is 11.5 Å². The Labute approximate surface area is 93.9 Å². The Morgan fingerprint density at radius 1 is 1.44 bits per heavy atom. The first kappa shape index (κ1) is 10.7. The average Bonchev–Trinajstić information content (AvgIpc) is 3.11. The topological polar surface area (TPSA) is 47.9 Å². The molecule has 4 nitrogen and oxygen atoms in total. The fourth-order valence-corrected chi connectivity index (χ4v) is 1.40. The third kappa shape index (κ3) is 2.61. The van der Waals surface area contributed by atoms with E-state index in [1.165, 1.54) is 6.08 Å². The molecule has 1 aromatic rings. The minimum Gasteiger partial charge on any atom is -0.493 e. The number of aliphatic imine (C=N–C) groups is 1. The molecular weight excluding hydrogens is 206 g/mol. The van der Waals surface area contributed by atoms with Crippen molar-refractivity contribution in [3.63, 3.8) is 0 Å². The van der Waals surface area contributed by atoms with Crippen molar-refractivity contribution in [1.29, 1.82) is 0 Å². The SMILES string of the molecule is COc1cc(CN=C=O)ccc1OC1CC1. The van der Waals surface area contributed by atoms with Gasteiger partial charge in [0.25, 0.3) is 0 Å². The van der Waals surface area contributed by atoms with Gasteiger partial charge in [0.2, 0.25) is 6.08 Å². The third-order valence-electron chi connectivity index (χ3n) is 2.37. The van der Waals surface area contributed by atoms with Crippen LogP contribution in [0.25, 0.3) is 0 Å². The van der Waals surface area contributed by atoms with E-state index in [2.05, 4.69) is 4.99 Å². The number of ether oxygens (including phenoxy) is 2. The molecule has 0 atom stereocenters. The number of benzene rings is 1. The van der Waals surface area contributed by atoms with Gasteiger partial charge in [0.15, 0.2) is 11.5 Å². The maximum Gasteiger partial charge on any atom is 0.235 e. The van der Waals surface area contributed by atoms with Crippen LogP contribution in [0.4, 0.5) is 0 Å². The molecule has 16 heavy (non-hydrogen) atoms. The number of hydrogen-bond acceptors (Lipinski definition) is 4. The zero-order valence-corrected chi connectivity index (χ0v) is 9.10. The van der Waals surface area contributed by atoms with Crippen LogP contribution in [-0.4, -0.2) is 19.3 Å². The van der Waals surface area contributed by atoms with Gasteiger partial charge in [-0.3, -0.25) is 0 Å². The molecule has 1 saturated carbocycles. The Hall–Kier alpha value is -1.80. The first-order chi connectivity index (χ1) is 7.83. The summed E-state index contributed by atoms with van der Waals surface area (Å²) in [6, 6.07) is 5.56. The largest absolute Gasteiger partial charge is 0.493 e. The Morgan fingerprint density at radius 2 is 2.25 bits per heavy atom. The van der Waals surface area contributed by atoms with E-state index in [4.69, 9.17) is 9.47 Å². The molecule has 0 saturated heterocycles. The fraction of sp³-hybridized carbons (Fsp3) is 0.417. The molecular formula is C12H13NO3. The summed E-state index contributed by atoms with van der Waals surface area (Å²) in [5, 5.41) is 0. The van der Waals surface area contributed by atoms with Crippen molar-refractivity contribution in [1.82, 2.24) is 0 Å². The van der Waals surface area contributed by atoms with Crippen LogP contribution >= 0.6 is 0 Å². The van der Waals surface area contributed by atoms with Crippen LogP contribution < -0.4 is 9.47 Å². The van der Waals surface area contributed by atoms with Gasteiger partial charge in [0.05, 0.1) is 19.8 Å². The number of methoxy groups -OCH3 is 1. The third-order valence-corrected chi connectivity index (χ3v) is 2.37. The molecule has 0 heterocycles. The van der Waals surface area contributed by atoms with Crippen molar-refractivity contribution in [2.75, 3.05) is 7.11 Å². The van der Waals surface area contributed by atoms with Gasteiger partial charge >= 0.3 is 0 Å². The second-order valence-corrected chi connectivity index (χ2v) is 3.71. The van der Waals surface area contributed by atoms with Crippen LogP contribution in [-0.2, 0) is 11.3 Å². The molecule has 4 heteroatoms. The normalized spacial score (nSPS) is 14.1. The summed E-state index contributed by atoms with van der Waals surface area (Å²) < 4.78 is 10.9. The van der Waals surface area contributed by atoms with Gasteiger partial charge in [-0.25, -0.2) is 9.79 Å². The van der Waals surface area contributed by atoms with E-state index in [-0.39, 0.29) is 0 Å². The molecule has 84 valence electrons. The van der Waals surface area contributed by atoms with Gasteiger partial charge in [-0.2, -0.15) is 0 Å². The van der Waals surface area contributed by atoms with E-state index in [1.807, 2.05) is 18.2 Å². The van der Waals surface area contributed by atoms with E-state index in [0.29, 0.717) is 18.4 Å². The Morgan fingerprint density at radius 3 is 2.88 bits per heavy atom. The lowest BCUT2D eigenvalue weighted by atomic mass is 10.2. The van der Waals surface area contributed by atoms with Crippen molar-refractivity contribution >= 4 is 6.08 Å². The van der Waals surface area contributed by atoms with Gasteiger partial charge in [-0.05, 0) is 30.5 Å². The molecule has 0 aliphatic heterocycles. The monoisotopic (exact) mass is 219 g/mol. The van der Waals surface area contributed by atoms with E-state index >= 15 is 0 Å². The van der Waals surface area contributed by atoms with Gasteiger partial charge in [-0.15, -0.1) is 0 Å². The van der Waals surface area contributed by atoms with Crippen LogP contribution in [0.1, 0.15) is 18.4 Å². The molecule has 0 radical (unpaired) electrons. The van der Waals surface area contributed by atoms with Crippen LogP contribution in [0.15, 0.2) is 23.2 Å². The lowest BCUT2D eigenvalue weighted by molar-refractivity contribution is 0.282. The average molecular weight is 219 g/mol. The van der Waals surface area contributed by atoms with Gasteiger partial charge in [-0.1, -0.05) is 6.07 Å². The number of nitrogens with zero attached hydrogens (tertiary/aromatic N) is 1. The van der Waals surface area contributed by atoms with Crippen molar-refractivity contribution in [3.05, 3.63) is 23.8 Å². The molecule has 1 aliphatic rings. The summed E-state index contributed by atoms with van der Waals surface area (Å²) >= 11 is 0. The van der Waals surface area contributed by atoms with Crippen molar-refractivity contribution < 1.29 is 14.3 Å². The highest BCUT2D eigenvalue weighted by Gasteiger charge is 2.24. The highest BCUT2D eigenvalue weighted by Crippen LogP contribution is 2.34. The van der Waals surface area contributed by atoms with Crippen molar-refractivity contribution in [2.45, 2.75) is 25.5 Å². The molecule has 0 aromatic heterocycles. The van der Waals surface area contributed by atoms with E-state index < -0.39 is 0 Å². The smallest absolute Gasteiger partial charge is 0.235 e. The fourth-order valence-electron chi connectivity index (χ4n) is 1.40. The summed E-state index contributed by atoms with van der Waals surface area (Å²) in [6.07, 6.45) is 4.08. The van der Waals surface area contributed by atoms with Crippen LogP contribution in [0.3, 0.4) is 0 Å². The molecule has 0 spiro atoms. The molecule has 0 N–H and O–H groups in total. The standard InChI is InChI=1S/C12H13NO3/c1-15-12-6-9(7-13-8-14)2-5-11(12)16-10-3-4-10/h2,5-6,10H,3-4,7H2,1H3. The summed E-state index contributed by atoms with van der Waals surface area (Å²) in [5.74, 6) is 1.44.